The first kappa shape index (κ1) is 31.4. The van der Waals surface area contributed by atoms with Crippen molar-refractivity contribution in [1.29, 1.82) is 0 Å². The second-order valence-corrected chi connectivity index (χ2v) is 15.7. The molecule has 11 nitrogen and oxygen atoms in total. The molecule has 3 amide bonds. The lowest BCUT2D eigenvalue weighted by molar-refractivity contribution is -0.180. The first-order chi connectivity index (χ1) is 17.7. The van der Waals surface area contributed by atoms with E-state index in [1.54, 1.807) is 6.92 Å². The van der Waals surface area contributed by atoms with Crippen LogP contribution in [0.25, 0.3) is 0 Å². The van der Waals surface area contributed by atoms with E-state index in [-0.39, 0.29) is 44.4 Å². The number of carbonyl (C=O) groups excluding carboxylic acids is 5. The number of ether oxygens (including phenoxy) is 3. The highest BCUT2D eigenvalue weighted by Gasteiger charge is 2.57. The molecule has 2 rings (SSSR count). The molecule has 0 N–H and O–H groups in total. The zero-order chi connectivity index (χ0) is 28.8. The van der Waals surface area contributed by atoms with E-state index in [1.165, 1.54) is 17.1 Å². The highest BCUT2D eigenvalue weighted by molar-refractivity contribution is 6.74. The molecule has 0 aliphatic carbocycles. The fraction of sp³-hybridized carbons (Fsp3) is 0.654. The first-order valence-electron chi connectivity index (χ1n) is 12.7. The van der Waals surface area contributed by atoms with Crippen molar-refractivity contribution in [3.63, 3.8) is 0 Å². The van der Waals surface area contributed by atoms with Gasteiger partial charge in [-0.3, -0.25) is 19.3 Å². The van der Waals surface area contributed by atoms with Gasteiger partial charge in [0.25, 0.3) is 0 Å². The number of carbonyl (C=O) groups is 5. The number of β-lactam (4-membered cyclic amide) rings is 1. The molecule has 38 heavy (non-hydrogen) atoms. The van der Waals surface area contributed by atoms with E-state index in [9.17, 15) is 24.0 Å². The lowest BCUT2D eigenvalue weighted by atomic mass is 9.79. The topological polar surface area (TPSA) is 129 Å². The number of imide groups is 1. The molecule has 0 saturated carbocycles. The molecule has 0 radical (unpaired) electrons. The van der Waals surface area contributed by atoms with Crippen molar-refractivity contribution in [2.45, 2.75) is 70.5 Å². The lowest BCUT2D eigenvalue weighted by Crippen LogP contribution is -2.69. The average molecular weight is 553 g/mol. The summed E-state index contributed by atoms with van der Waals surface area (Å²) in [6, 6.07) is -0.926. The Balaban J connectivity index is 2.23. The zero-order valence-electron chi connectivity index (χ0n) is 23.2. The van der Waals surface area contributed by atoms with Crippen LogP contribution in [0.15, 0.2) is 25.3 Å². The van der Waals surface area contributed by atoms with Crippen LogP contribution in [0.3, 0.4) is 0 Å². The summed E-state index contributed by atoms with van der Waals surface area (Å²) in [5.74, 6) is -4.19. The number of hydrogen-bond donors (Lipinski definition) is 0. The van der Waals surface area contributed by atoms with Crippen molar-refractivity contribution in [3.05, 3.63) is 25.3 Å². The Morgan fingerprint density at radius 2 is 1.74 bits per heavy atom. The van der Waals surface area contributed by atoms with Gasteiger partial charge in [0.2, 0.25) is 5.91 Å². The van der Waals surface area contributed by atoms with Crippen molar-refractivity contribution < 1.29 is 42.6 Å². The van der Waals surface area contributed by atoms with Crippen LogP contribution in [-0.4, -0.2) is 98.9 Å². The Labute approximate surface area is 225 Å². The molecule has 0 spiro atoms. The SMILES string of the molecule is C=CCOC(=O)C(=O)N1C(=O)[C@H]([C@@H](C)O[Si](C)(C)C(C)(C)C)[C@H]1CC(=O)C1CN(C(=O)OCC=C)CCO1. The molecule has 0 aromatic carbocycles. The highest BCUT2D eigenvalue weighted by atomic mass is 28.4. The van der Waals surface area contributed by atoms with Gasteiger partial charge in [-0.25, -0.2) is 9.59 Å². The minimum absolute atomic E-state index is 0.0335. The summed E-state index contributed by atoms with van der Waals surface area (Å²) in [6.07, 6.45) is 0.301. The molecule has 0 bridgehead atoms. The van der Waals surface area contributed by atoms with Crippen LogP contribution in [0, 0.1) is 5.92 Å². The molecule has 12 heteroatoms. The third-order valence-corrected chi connectivity index (χ3v) is 11.8. The van der Waals surface area contributed by atoms with E-state index in [4.69, 9.17) is 18.6 Å². The third kappa shape index (κ3) is 7.17. The number of nitrogens with zero attached hydrogens (tertiary/aromatic N) is 2. The maximum atomic E-state index is 13.3. The number of rotatable bonds is 10. The van der Waals surface area contributed by atoms with E-state index >= 15 is 0 Å². The summed E-state index contributed by atoms with van der Waals surface area (Å²) in [4.78, 5) is 65.9. The van der Waals surface area contributed by atoms with Crippen molar-refractivity contribution in [2.24, 2.45) is 5.92 Å². The van der Waals surface area contributed by atoms with Gasteiger partial charge in [0.1, 0.15) is 19.3 Å². The summed E-state index contributed by atoms with van der Waals surface area (Å²) in [7, 11) is -2.30. The Hall–Kier alpha value is -2.83. The molecule has 212 valence electrons. The fourth-order valence-electron chi connectivity index (χ4n) is 4.13. The number of morpholine rings is 1. The predicted molar refractivity (Wildman–Crippen MR) is 141 cm³/mol. The van der Waals surface area contributed by atoms with E-state index in [2.05, 4.69) is 33.9 Å². The lowest BCUT2D eigenvalue weighted by Gasteiger charge is -2.50. The van der Waals surface area contributed by atoms with Crippen LogP contribution in [0.1, 0.15) is 34.1 Å². The Kier molecular flexibility index (Phi) is 10.6. The highest BCUT2D eigenvalue weighted by Crippen LogP contribution is 2.41. The predicted octanol–water partition coefficient (Wildman–Crippen LogP) is 2.46. The van der Waals surface area contributed by atoms with Crippen LogP contribution in [0.4, 0.5) is 4.79 Å². The molecule has 2 aliphatic heterocycles. The molecular formula is C26H40N2O9Si. The molecule has 1 unspecified atom stereocenters. The monoisotopic (exact) mass is 552 g/mol. The molecule has 2 saturated heterocycles. The van der Waals surface area contributed by atoms with Gasteiger partial charge >= 0.3 is 18.0 Å². The number of ketones is 1. The number of hydrogen-bond acceptors (Lipinski definition) is 9. The van der Waals surface area contributed by atoms with Crippen molar-refractivity contribution in [1.82, 2.24) is 9.80 Å². The van der Waals surface area contributed by atoms with E-state index in [0.29, 0.717) is 0 Å². The quantitative estimate of drug-likeness (QED) is 0.132. The van der Waals surface area contributed by atoms with Gasteiger partial charge in [-0.2, -0.15) is 0 Å². The van der Waals surface area contributed by atoms with Gasteiger partial charge < -0.3 is 23.5 Å². The Bertz CT molecular complexity index is 959. The van der Waals surface area contributed by atoms with Gasteiger partial charge in [-0.15, -0.1) is 0 Å². The molecule has 0 aromatic rings. The Morgan fingerprint density at radius 3 is 2.32 bits per heavy atom. The number of amides is 3. The summed E-state index contributed by atoms with van der Waals surface area (Å²) in [5.41, 5.74) is 0. The van der Waals surface area contributed by atoms with Gasteiger partial charge in [-0.1, -0.05) is 46.1 Å². The molecule has 2 fully saturated rings. The van der Waals surface area contributed by atoms with E-state index in [0.717, 1.165) is 4.90 Å². The second-order valence-electron chi connectivity index (χ2n) is 10.9. The fourth-order valence-corrected chi connectivity index (χ4v) is 5.56. The summed E-state index contributed by atoms with van der Waals surface area (Å²) < 4.78 is 21.9. The smallest absolute Gasteiger partial charge is 0.410 e. The van der Waals surface area contributed by atoms with Gasteiger partial charge in [-0.05, 0) is 25.1 Å². The van der Waals surface area contributed by atoms with Crippen molar-refractivity contribution in [2.75, 3.05) is 32.9 Å². The van der Waals surface area contributed by atoms with Gasteiger partial charge in [0.05, 0.1) is 31.2 Å². The largest absolute Gasteiger partial charge is 0.454 e. The number of likely N-dealkylation sites (tertiary alicyclic amines) is 1. The van der Waals surface area contributed by atoms with Crippen molar-refractivity contribution >= 4 is 38.0 Å². The minimum Gasteiger partial charge on any atom is -0.454 e. The normalized spacial score (nSPS) is 22.7. The molecule has 4 atom stereocenters. The maximum Gasteiger partial charge on any atom is 0.410 e. The first-order valence-corrected chi connectivity index (χ1v) is 15.6. The van der Waals surface area contributed by atoms with Gasteiger partial charge in [0.15, 0.2) is 14.1 Å². The molecule has 0 aromatic heterocycles. The number of Topliss-reactive ketones (excluding diaryl/α,β-unsaturated/α-hetero) is 1. The van der Waals surface area contributed by atoms with Gasteiger partial charge in [0, 0.05) is 13.0 Å². The standard InChI is InChI=1S/C26H40N2O9Si/c1-9-12-35-24(32)23(31)28-18(21(22(28)30)17(3)37-38(7,8)26(4,5)6)15-19(29)20-16-27(11-14-34-20)25(33)36-13-10-2/h9-10,17-18,20-21H,1-2,11-16H2,3-8H3/t17-,18-,20?,21-/m1/s1. The average Bonchev–Trinajstić information content (AvgIpc) is 2.84. The number of esters is 1. The third-order valence-electron chi connectivity index (χ3n) is 7.21. The minimum atomic E-state index is -2.30. The van der Waals surface area contributed by atoms with Crippen LogP contribution < -0.4 is 0 Å². The summed E-state index contributed by atoms with van der Waals surface area (Å²) in [6.45, 7) is 19.1. The summed E-state index contributed by atoms with van der Waals surface area (Å²) >= 11 is 0. The maximum absolute atomic E-state index is 13.3. The van der Waals surface area contributed by atoms with Crippen LogP contribution in [0.2, 0.25) is 18.1 Å². The van der Waals surface area contributed by atoms with Crippen molar-refractivity contribution in [3.8, 4) is 0 Å². The van der Waals surface area contributed by atoms with E-state index < -0.39 is 62.1 Å². The molecule has 2 heterocycles. The molecule has 2 aliphatic rings. The molecular weight excluding hydrogens is 512 g/mol. The van der Waals surface area contributed by atoms with E-state index in [1.807, 2.05) is 13.1 Å². The second kappa shape index (κ2) is 12.8. The summed E-state index contributed by atoms with van der Waals surface area (Å²) in [5, 5.41) is -0.136. The Morgan fingerprint density at radius 1 is 1.13 bits per heavy atom. The van der Waals surface area contributed by atoms with Crippen LogP contribution in [-0.2, 0) is 37.8 Å². The zero-order valence-corrected chi connectivity index (χ0v) is 24.2. The van der Waals surface area contributed by atoms with Crippen LogP contribution in [0.5, 0.6) is 0 Å². The van der Waals surface area contributed by atoms with Crippen LogP contribution >= 0.6 is 0 Å².